The summed E-state index contributed by atoms with van der Waals surface area (Å²) in [6.45, 7) is 0.658. The number of ether oxygens (including phenoxy) is 1. The number of hydrogen-bond acceptors (Lipinski definition) is 5. The molecule has 0 bridgehead atoms. The van der Waals surface area contributed by atoms with Gasteiger partial charge in [0.25, 0.3) is 0 Å². The summed E-state index contributed by atoms with van der Waals surface area (Å²) < 4.78 is 8.96. The molecule has 2 saturated heterocycles. The number of anilines is 2. The Kier molecular flexibility index (Phi) is 6.32. The van der Waals surface area contributed by atoms with E-state index in [1.807, 2.05) is 94.6 Å². The van der Waals surface area contributed by atoms with Crippen LogP contribution in [0.25, 0.3) is 11.4 Å². The minimum Gasteiger partial charge on any atom is -0.392 e. The van der Waals surface area contributed by atoms with Gasteiger partial charge in [-0.2, -0.15) is 0 Å². The molecule has 6 rings (SSSR count). The zero-order valence-corrected chi connectivity index (χ0v) is 21.1. The number of aromatic nitrogens is 2. The van der Waals surface area contributed by atoms with Crippen molar-refractivity contribution in [2.24, 2.45) is 11.8 Å². The maximum Gasteiger partial charge on any atom is 0.326 e. The molecule has 9 nitrogen and oxygen atoms in total. The lowest BCUT2D eigenvalue weighted by Crippen LogP contribution is -2.35. The summed E-state index contributed by atoms with van der Waals surface area (Å²) in [7, 11) is 0. The fourth-order valence-corrected chi connectivity index (χ4v) is 5.21. The Morgan fingerprint density at radius 1 is 0.590 bits per heavy atom. The van der Waals surface area contributed by atoms with Crippen molar-refractivity contribution in [3.05, 3.63) is 97.6 Å². The van der Waals surface area contributed by atoms with Crippen LogP contribution in [0.5, 0.6) is 0 Å². The Hall–Kier alpha value is -4.92. The third-order valence-corrected chi connectivity index (χ3v) is 7.27. The highest BCUT2D eigenvalue weighted by molar-refractivity contribution is 6.13. The predicted octanol–water partition coefficient (Wildman–Crippen LogP) is 3.74. The number of rotatable bonds is 6. The number of hydrogen-bond donors (Lipinski definition) is 0. The van der Waals surface area contributed by atoms with E-state index in [4.69, 9.17) is 4.74 Å². The monoisotopic (exact) mass is 522 g/mol. The van der Waals surface area contributed by atoms with Gasteiger partial charge in [-0.05, 0) is 73.5 Å². The van der Waals surface area contributed by atoms with Crippen LogP contribution in [0.3, 0.4) is 0 Å². The molecule has 4 heterocycles. The van der Waals surface area contributed by atoms with E-state index >= 15 is 0 Å². The van der Waals surface area contributed by atoms with E-state index < -0.39 is 35.6 Å². The quantitative estimate of drug-likeness (QED) is 0.284. The van der Waals surface area contributed by atoms with Crippen LogP contribution in [-0.2, 0) is 23.9 Å². The summed E-state index contributed by atoms with van der Waals surface area (Å²) in [6, 6.07) is 22.5. The lowest BCUT2D eigenvalue weighted by atomic mass is 10.1. The van der Waals surface area contributed by atoms with Gasteiger partial charge in [0.1, 0.15) is 11.8 Å². The lowest BCUT2D eigenvalue weighted by Gasteiger charge is -2.18. The fourth-order valence-electron chi connectivity index (χ4n) is 5.21. The Morgan fingerprint density at radius 2 is 0.974 bits per heavy atom. The van der Waals surface area contributed by atoms with Gasteiger partial charge in [0.05, 0.1) is 0 Å². The van der Waals surface area contributed by atoms with E-state index in [1.54, 1.807) is 12.1 Å². The normalized spacial score (nSPS) is 19.1. The van der Waals surface area contributed by atoms with Gasteiger partial charge >= 0.3 is 11.9 Å². The Labute approximate surface area is 224 Å². The SMILES string of the molecule is O=C(OC(=O)C1CCN(c2cccc(-n3cccc3)c2)C1=O)C1CCN(c2cccc(-n3cccc3)c2)C1=O. The second kappa shape index (κ2) is 10.1. The largest absolute Gasteiger partial charge is 0.392 e. The topological polar surface area (TPSA) is 93.8 Å². The average molecular weight is 523 g/mol. The first-order valence-electron chi connectivity index (χ1n) is 12.8. The second-order valence-electron chi connectivity index (χ2n) is 9.62. The van der Waals surface area contributed by atoms with Crippen molar-refractivity contribution >= 4 is 35.1 Å². The number of esters is 2. The molecule has 2 atom stereocenters. The summed E-state index contributed by atoms with van der Waals surface area (Å²) in [4.78, 5) is 55.0. The number of amides is 2. The zero-order valence-electron chi connectivity index (χ0n) is 21.1. The summed E-state index contributed by atoms with van der Waals surface area (Å²) in [5, 5.41) is 0. The van der Waals surface area contributed by atoms with Crippen LogP contribution in [-0.4, -0.2) is 46.0 Å². The molecule has 0 aliphatic carbocycles. The van der Waals surface area contributed by atoms with Crippen LogP contribution >= 0.6 is 0 Å². The first-order chi connectivity index (χ1) is 19.0. The standard InChI is InChI=1S/C30H26N4O5/c35-27-25(11-17-33(27)23-9-5-7-21(19-23)31-13-1-2-14-31)29(37)39-30(38)26-12-18-34(28(26)36)24-10-6-8-22(20-24)32-15-3-4-16-32/h1-10,13-16,19-20,25-26H,11-12,17-18H2. The van der Waals surface area contributed by atoms with Crippen LogP contribution in [0, 0.1) is 11.8 Å². The third-order valence-electron chi connectivity index (χ3n) is 7.27. The van der Waals surface area contributed by atoms with Crippen LogP contribution in [0.1, 0.15) is 12.8 Å². The van der Waals surface area contributed by atoms with Crippen molar-refractivity contribution in [3.8, 4) is 11.4 Å². The number of benzene rings is 2. The summed E-state index contributed by atoms with van der Waals surface area (Å²) in [5.41, 5.74) is 3.09. The van der Waals surface area contributed by atoms with Gasteiger partial charge in [-0.3, -0.25) is 19.2 Å². The van der Waals surface area contributed by atoms with Gasteiger partial charge < -0.3 is 23.7 Å². The third kappa shape index (κ3) is 4.63. The molecule has 2 fully saturated rings. The molecule has 2 aliphatic heterocycles. The van der Waals surface area contributed by atoms with Crippen molar-refractivity contribution in [1.82, 2.24) is 9.13 Å². The van der Waals surface area contributed by atoms with Gasteiger partial charge in [-0.15, -0.1) is 0 Å². The van der Waals surface area contributed by atoms with E-state index in [-0.39, 0.29) is 12.8 Å². The molecule has 196 valence electrons. The first-order valence-corrected chi connectivity index (χ1v) is 12.8. The van der Waals surface area contributed by atoms with E-state index in [9.17, 15) is 19.2 Å². The number of nitrogens with zero attached hydrogens (tertiary/aromatic N) is 4. The van der Waals surface area contributed by atoms with Gasteiger partial charge in [0, 0.05) is 60.6 Å². The maximum absolute atomic E-state index is 13.1. The smallest absolute Gasteiger partial charge is 0.326 e. The van der Waals surface area contributed by atoms with Crippen molar-refractivity contribution in [3.63, 3.8) is 0 Å². The lowest BCUT2D eigenvalue weighted by molar-refractivity contribution is -0.166. The molecule has 0 spiro atoms. The minimum atomic E-state index is -1.09. The molecule has 2 aromatic heterocycles. The van der Waals surface area contributed by atoms with Gasteiger partial charge in [0.2, 0.25) is 11.8 Å². The molecule has 2 amide bonds. The molecular weight excluding hydrogens is 496 g/mol. The van der Waals surface area contributed by atoms with E-state index in [1.165, 1.54) is 9.80 Å². The Bertz CT molecular complexity index is 1430. The van der Waals surface area contributed by atoms with Crippen LogP contribution < -0.4 is 9.80 Å². The van der Waals surface area contributed by atoms with Gasteiger partial charge in [0.15, 0.2) is 0 Å². The van der Waals surface area contributed by atoms with Crippen LogP contribution in [0.4, 0.5) is 11.4 Å². The highest BCUT2D eigenvalue weighted by atomic mass is 16.6. The van der Waals surface area contributed by atoms with E-state index in [0.717, 1.165) is 11.4 Å². The van der Waals surface area contributed by atoms with Crippen molar-refractivity contribution in [1.29, 1.82) is 0 Å². The highest BCUT2D eigenvalue weighted by Crippen LogP contribution is 2.30. The molecule has 2 unspecified atom stereocenters. The average Bonchev–Trinajstić information content (AvgIpc) is 3.76. The number of carbonyl (C=O) groups is 4. The number of carbonyl (C=O) groups excluding carboxylic acids is 4. The first kappa shape index (κ1) is 24.4. The molecule has 4 aromatic rings. The zero-order chi connectivity index (χ0) is 26.9. The van der Waals surface area contributed by atoms with E-state index in [2.05, 4.69) is 0 Å². The second-order valence-corrected chi connectivity index (χ2v) is 9.62. The maximum atomic E-state index is 13.1. The van der Waals surface area contributed by atoms with Crippen LogP contribution in [0.15, 0.2) is 97.6 Å². The fraction of sp³-hybridized carbons (Fsp3) is 0.200. The molecule has 0 saturated carbocycles. The van der Waals surface area contributed by atoms with E-state index in [0.29, 0.717) is 24.5 Å². The Morgan fingerprint density at radius 3 is 1.38 bits per heavy atom. The van der Waals surface area contributed by atoms with Crippen molar-refractivity contribution in [2.75, 3.05) is 22.9 Å². The summed E-state index contributed by atoms with van der Waals surface area (Å²) in [6.07, 6.45) is 8.08. The molecule has 9 heteroatoms. The van der Waals surface area contributed by atoms with Gasteiger partial charge in [-0.25, -0.2) is 0 Å². The van der Waals surface area contributed by atoms with Crippen molar-refractivity contribution < 1.29 is 23.9 Å². The summed E-state index contributed by atoms with van der Waals surface area (Å²) in [5.74, 6) is -4.83. The van der Waals surface area contributed by atoms with Gasteiger partial charge in [-0.1, -0.05) is 12.1 Å². The molecule has 39 heavy (non-hydrogen) atoms. The molecule has 0 N–H and O–H groups in total. The molecule has 0 radical (unpaired) electrons. The summed E-state index contributed by atoms with van der Waals surface area (Å²) >= 11 is 0. The minimum absolute atomic E-state index is 0.232. The predicted molar refractivity (Wildman–Crippen MR) is 144 cm³/mol. The molecular formula is C30H26N4O5. The van der Waals surface area contributed by atoms with Crippen LogP contribution in [0.2, 0.25) is 0 Å². The molecule has 2 aromatic carbocycles. The highest BCUT2D eigenvalue weighted by Gasteiger charge is 2.43. The van der Waals surface area contributed by atoms with Crippen molar-refractivity contribution in [2.45, 2.75) is 12.8 Å². The molecule has 2 aliphatic rings. The Balaban J connectivity index is 1.10.